The summed E-state index contributed by atoms with van der Waals surface area (Å²) in [5.41, 5.74) is 19.0. The first-order valence-corrected chi connectivity index (χ1v) is 25.4. The Bertz CT molecular complexity index is 4300. The highest BCUT2D eigenvalue weighted by molar-refractivity contribution is 6.16. The van der Waals surface area contributed by atoms with Crippen molar-refractivity contribution in [3.8, 4) is 85.1 Å². The number of fused-ring (bicyclic) bond motifs is 3. The molecule has 2 atom stereocenters. The van der Waals surface area contributed by atoms with Crippen molar-refractivity contribution in [2.45, 2.75) is 11.8 Å². The molecular weight excluding hydrogens is 915 g/mol. The van der Waals surface area contributed by atoms with Crippen LogP contribution >= 0.6 is 0 Å². The number of rotatable bonds is 8. The number of hydrogen-bond acceptors (Lipinski definition) is 6. The second-order valence-electron chi connectivity index (χ2n) is 19.3. The molecule has 3 aliphatic rings. The third-order valence-corrected chi connectivity index (χ3v) is 15.1. The largest absolute Gasteiger partial charge is 0.309 e. The van der Waals surface area contributed by atoms with Gasteiger partial charge in [-0.25, -0.2) is 29.9 Å². The Morgan fingerprint density at radius 3 is 1.17 bits per heavy atom. The topological polar surface area (TPSA) is 82.3 Å². The van der Waals surface area contributed by atoms with Crippen LogP contribution in [0.5, 0.6) is 0 Å². The van der Waals surface area contributed by atoms with E-state index in [0.717, 1.165) is 61.2 Å². The highest BCUT2D eigenvalue weighted by atomic mass is 15.0. The van der Waals surface area contributed by atoms with Gasteiger partial charge in [-0.05, 0) is 80.9 Å². The van der Waals surface area contributed by atoms with E-state index in [1.807, 2.05) is 54.6 Å². The molecular formula is C68H43N7. The Labute approximate surface area is 433 Å². The number of hydrogen-bond donors (Lipinski definition) is 0. The van der Waals surface area contributed by atoms with Crippen LogP contribution in [-0.2, 0) is 0 Å². The van der Waals surface area contributed by atoms with Gasteiger partial charge < -0.3 is 4.57 Å². The number of para-hydroxylation sites is 2. The van der Waals surface area contributed by atoms with Crippen molar-refractivity contribution in [3.63, 3.8) is 0 Å². The zero-order chi connectivity index (χ0) is 49.4. The second-order valence-corrected chi connectivity index (χ2v) is 19.3. The van der Waals surface area contributed by atoms with E-state index in [1.165, 1.54) is 44.2 Å². The summed E-state index contributed by atoms with van der Waals surface area (Å²) < 4.78 is 2.36. The van der Waals surface area contributed by atoms with E-state index in [9.17, 15) is 0 Å². The molecule has 3 aliphatic carbocycles. The Hall–Kier alpha value is -9.98. The van der Waals surface area contributed by atoms with E-state index in [-0.39, 0.29) is 11.8 Å². The van der Waals surface area contributed by atoms with Crippen LogP contribution in [0.4, 0.5) is 0 Å². The fraction of sp³-hybridized carbons (Fsp3) is 0.0294. The van der Waals surface area contributed by atoms with E-state index in [0.29, 0.717) is 34.9 Å². The van der Waals surface area contributed by atoms with Gasteiger partial charge in [0.25, 0.3) is 0 Å². The smallest absolute Gasteiger partial charge is 0.164 e. The third-order valence-electron chi connectivity index (χ3n) is 15.1. The van der Waals surface area contributed by atoms with Crippen molar-refractivity contribution in [2.75, 3.05) is 0 Å². The summed E-state index contributed by atoms with van der Waals surface area (Å²) >= 11 is 0. The molecule has 0 saturated carbocycles. The summed E-state index contributed by atoms with van der Waals surface area (Å²) in [6.07, 6.45) is 0. The Morgan fingerprint density at radius 2 is 0.640 bits per heavy atom. The van der Waals surface area contributed by atoms with Crippen LogP contribution in [0.2, 0.25) is 0 Å². The Morgan fingerprint density at radius 1 is 0.253 bits per heavy atom. The van der Waals surface area contributed by atoms with Gasteiger partial charge in [0.2, 0.25) is 0 Å². The molecule has 2 unspecified atom stereocenters. The standard InChI is InChI=1S/C68H43N7/c1-5-20-42(21-6-1)63-69-64(43-22-7-2-8-23-43)71-66(70-63)45-36-38-52-56(40-45)60-50-29-14-15-30-51(50)61(52)57-41-46(37-39-53(57)60)67-72-65(44-24-9-3-10-25-44)73-68(74-67)54-31-16-13-28-48(54)49-33-19-35-59-62(49)55-32-17-18-34-58(55)75(59)47-26-11-4-12-27-47/h1-41,60-61H. The summed E-state index contributed by atoms with van der Waals surface area (Å²) in [6, 6.07) is 87.6. The molecule has 0 amide bonds. The van der Waals surface area contributed by atoms with Crippen LogP contribution in [-0.4, -0.2) is 34.5 Å². The molecule has 16 rings (SSSR count). The van der Waals surface area contributed by atoms with Crippen LogP contribution in [0.3, 0.4) is 0 Å². The normalized spacial score (nSPS) is 14.1. The minimum absolute atomic E-state index is 0.00236. The van der Waals surface area contributed by atoms with E-state index in [4.69, 9.17) is 29.9 Å². The van der Waals surface area contributed by atoms with Crippen molar-refractivity contribution in [1.29, 1.82) is 0 Å². The fourth-order valence-corrected chi connectivity index (χ4v) is 11.8. The second kappa shape index (κ2) is 17.4. The summed E-state index contributed by atoms with van der Waals surface area (Å²) in [5.74, 6) is 3.80. The Kier molecular flexibility index (Phi) is 9.88. The van der Waals surface area contributed by atoms with Crippen molar-refractivity contribution in [2.24, 2.45) is 0 Å². The van der Waals surface area contributed by atoms with E-state index in [1.54, 1.807) is 0 Å². The molecule has 3 heterocycles. The quantitative estimate of drug-likeness (QED) is 0.151. The predicted molar refractivity (Wildman–Crippen MR) is 300 cm³/mol. The van der Waals surface area contributed by atoms with Gasteiger partial charge in [-0.1, -0.05) is 212 Å². The van der Waals surface area contributed by atoms with Crippen LogP contribution in [0, 0.1) is 0 Å². The maximum absolute atomic E-state index is 5.44. The molecule has 0 aliphatic heterocycles. The molecule has 2 bridgehead atoms. The summed E-state index contributed by atoms with van der Waals surface area (Å²) in [4.78, 5) is 31.2. The lowest BCUT2D eigenvalue weighted by Gasteiger charge is -2.42. The van der Waals surface area contributed by atoms with E-state index in [2.05, 4.69) is 199 Å². The first kappa shape index (κ1) is 42.7. The van der Waals surface area contributed by atoms with Crippen molar-refractivity contribution in [3.05, 3.63) is 282 Å². The van der Waals surface area contributed by atoms with Crippen LogP contribution in [0.25, 0.3) is 107 Å². The van der Waals surface area contributed by atoms with Gasteiger partial charge in [0.15, 0.2) is 34.9 Å². The van der Waals surface area contributed by atoms with Gasteiger partial charge >= 0.3 is 0 Å². The average Bonchev–Trinajstić information content (AvgIpc) is 3.87. The van der Waals surface area contributed by atoms with E-state index < -0.39 is 0 Å². The molecule has 0 N–H and O–H groups in total. The first-order valence-electron chi connectivity index (χ1n) is 25.4. The lowest BCUT2D eigenvalue weighted by atomic mass is 9.61. The van der Waals surface area contributed by atoms with Crippen molar-refractivity contribution < 1.29 is 0 Å². The maximum atomic E-state index is 5.44. The molecule has 3 aromatic heterocycles. The minimum Gasteiger partial charge on any atom is -0.309 e. The van der Waals surface area contributed by atoms with Crippen LogP contribution in [0.15, 0.2) is 249 Å². The number of aromatic nitrogens is 7. The Balaban J connectivity index is 0.870. The zero-order valence-corrected chi connectivity index (χ0v) is 40.5. The zero-order valence-electron chi connectivity index (χ0n) is 40.5. The van der Waals surface area contributed by atoms with Crippen LogP contribution in [0.1, 0.15) is 45.2 Å². The minimum atomic E-state index is -0.00236. The third kappa shape index (κ3) is 7.04. The highest BCUT2D eigenvalue weighted by Gasteiger charge is 2.41. The molecule has 75 heavy (non-hydrogen) atoms. The van der Waals surface area contributed by atoms with E-state index >= 15 is 0 Å². The summed E-state index contributed by atoms with van der Waals surface area (Å²) in [5, 5.41) is 2.37. The summed E-state index contributed by atoms with van der Waals surface area (Å²) in [7, 11) is 0. The number of benzene rings is 10. The average molecular weight is 958 g/mol. The molecule has 7 heteroatoms. The van der Waals surface area contributed by atoms with Gasteiger partial charge in [0.1, 0.15) is 0 Å². The SMILES string of the molecule is c1ccc(-c2nc(-c3ccccc3)nc(-c3ccc4c(c3)C3c5ccccc5C4c4cc(-c5nc(-c6ccccc6)nc(-c6ccccc6-c6cccc7c6c6ccccc6n7-c6ccccc6)n5)ccc43)n2)cc1. The monoisotopic (exact) mass is 957 g/mol. The highest BCUT2D eigenvalue weighted by Crippen LogP contribution is 2.57. The molecule has 0 spiro atoms. The lowest BCUT2D eigenvalue weighted by molar-refractivity contribution is 0.754. The maximum Gasteiger partial charge on any atom is 0.164 e. The van der Waals surface area contributed by atoms with Gasteiger partial charge in [-0.3, -0.25) is 0 Å². The molecule has 13 aromatic rings. The van der Waals surface area contributed by atoms with Gasteiger partial charge in [-0.15, -0.1) is 0 Å². The molecule has 0 saturated heterocycles. The molecule has 350 valence electrons. The molecule has 0 radical (unpaired) electrons. The molecule has 10 aromatic carbocycles. The van der Waals surface area contributed by atoms with Gasteiger partial charge in [0, 0.05) is 61.7 Å². The van der Waals surface area contributed by atoms with Crippen LogP contribution < -0.4 is 0 Å². The van der Waals surface area contributed by atoms with Gasteiger partial charge in [0.05, 0.1) is 11.0 Å². The van der Waals surface area contributed by atoms with Crippen molar-refractivity contribution in [1.82, 2.24) is 34.5 Å². The summed E-state index contributed by atoms with van der Waals surface area (Å²) in [6.45, 7) is 0. The van der Waals surface area contributed by atoms with Crippen molar-refractivity contribution >= 4 is 21.8 Å². The number of nitrogens with zero attached hydrogens (tertiary/aromatic N) is 7. The lowest BCUT2D eigenvalue weighted by Crippen LogP contribution is -2.27. The molecule has 7 nitrogen and oxygen atoms in total. The predicted octanol–water partition coefficient (Wildman–Crippen LogP) is 15.8. The first-order chi connectivity index (χ1) is 37.2. The fourth-order valence-electron chi connectivity index (χ4n) is 11.8. The van der Waals surface area contributed by atoms with Gasteiger partial charge in [-0.2, -0.15) is 0 Å². The molecule has 0 fully saturated rings.